The van der Waals surface area contributed by atoms with Crippen LogP contribution in [0.1, 0.15) is 5.56 Å². The minimum Gasteiger partial charge on any atom is -0.325 e. The van der Waals surface area contributed by atoms with Crippen molar-refractivity contribution in [1.29, 1.82) is 0 Å². The summed E-state index contributed by atoms with van der Waals surface area (Å²) in [6, 6.07) is 4.26. The van der Waals surface area contributed by atoms with Gasteiger partial charge in [0.1, 0.15) is 5.82 Å². The second-order valence-corrected chi connectivity index (χ2v) is 3.99. The molecule has 0 aliphatic rings. The molecule has 3 N–H and O–H groups in total. The van der Waals surface area contributed by atoms with Crippen molar-refractivity contribution < 1.29 is 9.18 Å². The number of halogens is 1. The molecule has 0 radical (unpaired) electrons. The van der Waals surface area contributed by atoms with Crippen LogP contribution in [-0.2, 0) is 4.79 Å². The standard InChI is InChI=1S/C13H16FN3O/c1-17(2)9-13(18)16-11-5-6-12(14)10(8-11)4-3-7-15/h5-6,8H,7,9,15H2,1-2H3,(H,16,18). The number of nitrogens with zero attached hydrogens (tertiary/aromatic N) is 1. The van der Waals surface area contributed by atoms with E-state index in [1.54, 1.807) is 19.0 Å². The lowest BCUT2D eigenvalue weighted by Gasteiger charge is -2.10. The van der Waals surface area contributed by atoms with Gasteiger partial charge in [0.2, 0.25) is 5.91 Å². The molecule has 96 valence electrons. The summed E-state index contributed by atoms with van der Waals surface area (Å²) in [4.78, 5) is 13.3. The maximum absolute atomic E-state index is 13.4. The predicted octanol–water partition coefficient (Wildman–Crippen LogP) is 0.636. The molecule has 0 atom stereocenters. The lowest BCUT2D eigenvalue weighted by Crippen LogP contribution is -2.27. The number of nitrogens with two attached hydrogens (primary N) is 1. The molecule has 0 bridgehead atoms. The molecule has 0 saturated carbocycles. The van der Waals surface area contributed by atoms with Gasteiger partial charge in [-0.05, 0) is 32.3 Å². The van der Waals surface area contributed by atoms with Crippen LogP contribution in [-0.4, -0.2) is 38.0 Å². The number of amides is 1. The molecule has 0 spiro atoms. The van der Waals surface area contributed by atoms with E-state index in [0.717, 1.165) is 0 Å². The summed E-state index contributed by atoms with van der Waals surface area (Å²) in [5.41, 5.74) is 5.97. The normalized spacial score (nSPS) is 9.83. The SMILES string of the molecule is CN(C)CC(=O)Nc1ccc(F)c(C#CCN)c1. The van der Waals surface area contributed by atoms with Crippen LogP contribution in [0, 0.1) is 17.7 Å². The number of nitrogens with one attached hydrogen (secondary N) is 1. The van der Waals surface area contributed by atoms with Gasteiger partial charge < -0.3 is 16.0 Å². The topological polar surface area (TPSA) is 58.4 Å². The summed E-state index contributed by atoms with van der Waals surface area (Å²) in [6.45, 7) is 0.428. The molecule has 0 heterocycles. The smallest absolute Gasteiger partial charge is 0.238 e. The van der Waals surface area contributed by atoms with Crippen molar-refractivity contribution >= 4 is 11.6 Å². The molecule has 1 aromatic carbocycles. The van der Waals surface area contributed by atoms with Gasteiger partial charge in [-0.25, -0.2) is 4.39 Å². The molecule has 0 aromatic heterocycles. The monoisotopic (exact) mass is 249 g/mol. The van der Waals surface area contributed by atoms with Gasteiger partial charge in [0.15, 0.2) is 0 Å². The van der Waals surface area contributed by atoms with E-state index in [-0.39, 0.29) is 24.6 Å². The summed E-state index contributed by atoms with van der Waals surface area (Å²) in [6.07, 6.45) is 0. The van der Waals surface area contributed by atoms with Crippen molar-refractivity contribution in [1.82, 2.24) is 4.90 Å². The summed E-state index contributed by atoms with van der Waals surface area (Å²) < 4.78 is 13.4. The summed E-state index contributed by atoms with van der Waals surface area (Å²) in [7, 11) is 3.59. The van der Waals surface area contributed by atoms with Gasteiger partial charge >= 0.3 is 0 Å². The van der Waals surface area contributed by atoms with Gasteiger partial charge in [0.05, 0.1) is 18.7 Å². The lowest BCUT2D eigenvalue weighted by atomic mass is 10.2. The third kappa shape index (κ3) is 4.53. The van der Waals surface area contributed by atoms with Crippen LogP contribution in [0.4, 0.5) is 10.1 Å². The molecule has 4 nitrogen and oxygen atoms in total. The number of hydrogen-bond acceptors (Lipinski definition) is 3. The zero-order chi connectivity index (χ0) is 13.5. The van der Waals surface area contributed by atoms with Crippen LogP contribution in [0.5, 0.6) is 0 Å². The van der Waals surface area contributed by atoms with E-state index >= 15 is 0 Å². The van der Waals surface area contributed by atoms with Gasteiger partial charge in [0, 0.05) is 5.69 Å². The van der Waals surface area contributed by atoms with Crippen LogP contribution in [0.15, 0.2) is 18.2 Å². The van der Waals surface area contributed by atoms with E-state index in [9.17, 15) is 9.18 Å². The molecule has 0 aliphatic carbocycles. The second kappa shape index (κ2) is 6.74. The van der Waals surface area contributed by atoms with Gasteiger partial charge in [-0.3, -0.25) is 4.79 Å². The summed E-state index contributed by atoms with van der Waals surface area (Å²) >= 11 is 0. The maximum atomic E-state index is 13.4. The van der Waals surface area contributed by atoms with Crippen molar-refractivity contribution in [3.63, 3.8) is 0 Å². The van der Waals surface area contributed by atoms with Crippen molar-refractivity contribution in [2.24, 2.45) is 5.73 Å². The first-order valence-electron chi connectivity index (χ1n) is 5.46. The average Bonchev–Trinajstić information content (AvgIpc) is 2.28. The quantitative estimate of drug-likeness (QED) is 0.773. The number of likely N-dealkylation sites (N-methyl/N-ethyl adjacent to an activating group) is 1. The molecule has 0 fully saturated rings. The average molecular weight is 249 g/mol. The fourth-order valence-corrected chi connectivity index (χ4v) is 1.33. The number of hydrogen-bond donors (Lipinski definition) is 2. The first kappa shape index (κ1) is 14.2. The third-order valence-electron chi connectivity index (χ3n) is 2.04. The van der Waals surface area contributed by atoms with Crippen LogP contribution in [0.25, 0.3) is 0 Å². The van der Waals surface area contributed by atoms with Crippen LogP contribution >= 0.6 is 0 Å². The van der Waals surface area contributed by atoms with Crippen molar-refractivity contribution in [2.45, 2.75) is 0 Å². The number of rotatable bonds is 3. The van der Waals surface area contributed by atoms with Gasteiger partial charge in [-0.15, -0.1) is 0 Å². The fraction of sp³-hybridized carbons (Fsp3) is 0.308. The van der Waals surface area contributed by atoms with Crippen LogP contribution < -0.4 is 11.1 Å². The van der Waals surface area contributed by atoms with Crippen molar-refractivity contribution in [2.75, 3.05) is 32.5 Å². The molecule has 0 saturated heterocycles. The van der Waals surface area contributed by atoms with Crippen molar-refractivity contribution in [3.05, 3.63) is 29.6 Å². The van der Waals surface area contributed by atoms with Crippen LogP contribution in [0.2, 0.25) is 0 Å². The van der Waals surface area contributed by atoms with E-state index in [2.05, 4.69) is 17.2 Å². The van der Waals surface area contributed by atoms with Gasteiger partial charge in [0.25, 0.3) is 0 Å². The first-order chi connectivity index (χ1) is 8.52. The number of carbonyl (C=O) groups is 1. The highest BCUT2D eigenvalue weighted by Crippen LogP contribution is 2.13. The Bertz CT molecular complexity index is 489. The Morgan fingerprint density at radius 1 is 1.50 bits per heavy atom. The molecule has 1 aromatic rings. The summed E-state index contributed by atoms with van der Waals surface area (Å²) in [5, 5.41) is 2.67. The molecular weight excluding hydrogens is 233 g/mol. The van der Waals surface area contributed by atoms with Crippen molar-refractivity contribution in [3.8, 4) is 11.8 Å². The first-order valence-corrected chi connectivity index (χ1v) is 5.46. The Morgan fingerprint density at radius 3 is 2.83 bits per heavy atom. The Morgan fingerprint density at radius 2 is 2.22 bits per heavy atom. The van der Waals surface area contributed by atoms with E-state index in [4.69, 9.17) is 5.73 Å². The molecule has 0 unspecified atom stereocenters. The summed E-state index contributed by atoms with van der Waals surface area (Å²) in [5.74, 6) is 4.60. The Kier molecular flexibility index (Phi) is 5.31. The minimum absolute atomic E-state index is 0.163. The van der Waals surface area contributed by atoms with Crippen LogP contribution in [0.3, 0.4) is 0 Å². The van der Waals surface area contributed by atoms with Gasteiger partial charge in [-0.1, -0.05) is 11.8 Å². The molecule has 1 rings (SSSR count). The highest BCUT2D eigenvalue weighted by molar-refractivity contribution is 5.92. The minimum atomic E-state index is -0.429. The van der Waals surface area contributed by atoms with E-state index in [1.165, 1.54) is 18.2 Å². The molecule has 1 amide bonds. The van der Waals surface area contributed by atoms with Gasteiger partial charge in [-0.2, -0.15) is 0 Å². The molecule has 18 heavy (non-hydrogen) atoms. The number of carbonyl (C=O) groups excluding carboxylic acids is 1. The molecule has 5 heteroatoms. The largest absolute Gasteiger partial charge is 0.325 e. The van der Waals surface area contributed by atoms with E-state index in [1.807, 2.05) is 0 Å². The second-order valence-electron chi connectivity index (χ2n) is 3.99. The Labute approximate surface area is 106 Å². The fourth-order valence-electron chi connectivity index (χ4n) is 1.33. The highest BCUT2D eigenvalue weighted by Gasteiger charge is 2.06. The maximum Gasteiger partial charge on any atom is 0.238 e. The lowest BCUT2D eigenvalue weighted by molar-refractivity contribution is -0.116. The Hall–Kier alpha value is -1.90. The zero-order valence-corrected chi connectivity index (χ0v) is 10.5. The number of benzene rings is 1. The highest BCUT2D eigenvalue weighted by atomic mass is 19.1. The molecular formula is C13H16FN3O. The third-order valence-corrected chi connectivity index (χ3v) is 2.04. The predicted molar refractivity (Wildman–Crippen MR) is 69.5 cm³/mol. The Balaban J connectivity index is 2.82. The zero-order valence-electron chi connectivity index (χ0n) is 10.5. The van der Waals surface area contributed by atoms with E-state index < -0.39 is 5.82 Å². The number of anilines is 1. The molecule has 0 aliphatic heterocycles. The van der Waals surface area contributed by atoms with E-state index in [0.29, 0.717) is 5.69 Å².